The molecular weight excluding hydrogens is 378 g/mol. The number of hydrogen-bond acceptors (Lipinski definition) is 2. The summed E-state index contributed by atoms with van der Waals surface area (Å²) in [4.78, 5) is 13.8. The first-order valence-corrected chi connectivity index (χ1v) is 9.72. The molecule has 1 saturated heterocycles. The van der Waals surface area contributed by atoms with Gasteiger partial charge in [-0.3, -0.25) is 4.90 Å². The van der Waals surface area contributed by atoms with Gasteiger partial charge in [0.05, 0.1) is 5.56 Å². The number of nitrogens with zero attached hydrogens (tertiary/aromatic N) is 1. The molecule has 5 rings (SSSR count). The second kappa shape index (κ2) is 6.93. The monoisotopic (exact) mass is 399 g/mol. The van der Waals surface area contributed by atoms with Crippen LogP contribution in [-0.2, 0) is 19.4 Å². The van der Waals surface area contributed by atoms with Crippen molar-refractivity contribution in [3.63, 3.8) is 0 Å². The molecule has 2 aromatic rings. The van der Waals surface area contributed by atoms with Gasteiger partial charge in [0.15, 0.2) is 0 Å². The maximum Gasteiger partial charge on any atom is 0.336 e. The number of carbonyl (C=O) groups is 1. The topological polar surface area (TPSA) is 40.5 Å². The van der Waals surface area contributed by atoms with Crippen LogP contribution in [0, 0.1) is 5.92 Å². The van der Waals surface area contributed by atoms with Crippen molar-refractivity contribution < 1.29 is 9.90 Å². The summed E-state index contributed by atoms with van der Waals surface area (Å²) < 4.78 is 0.667. The van der Waals surface area contributed by atoms with E-state index in [2.05, 4.69) is 45.1 Å². The molecule has 1 aliphatic carbocycles. The van der Waals surface area contributed by atoms with E-state index < -0.39 is 5.97 Å². The second-order valence-electron chi connectivity index (χ2n) is 7.32. The smallest absolute Gasteiger partial charge is 0.336 e. The van der Waals surface area contributed by atoms with E-state index in [1.165, 1.54) is 36.0 Å². The zero-order valence-electron chi connectivity index (χ0n) is 14.1. The molecule has 0 radical (unpaired) electrons. The molecule has 0 aromatic heterocycles. The van der Waals surface area contributed by atoms with Gasteiger partial charge in [-0.25, -0.2) is 4.79 Å². The molecule has 0 amide bonds. The molecule has 25 heavy (non-hydrogen) atoms. The first-order chi connectivity index (χ1) is 12.1. The third-order valence-corrected chi connectivity index (χ3v) is 6.31. The highest BCUT2D eigenvalue weighted by molar-refractivity contribution is 9.10. The SMILES string of the molecule is O=C(O)c1ccc(CN2CC3CCC2Cc2ccccc2C3)cc1Br. The largest absolute Gasteiger partial charge is 0.478 e. The molecule has 2 aromatic carbocycles. The fourth-order valence-corrected chi connectivity index (χ4v) is 4.96. The second-order valence-corrected chi connectivity index (χ2v) is 8.18. The Labute approximate surface area is 156 Å². The number of carboxylic acids is 1. The Morgan fingerprint density at radius 3 is 2.60 bits per heavy atom. The minimum Gasteiger partial charge on any atom is -0.478 e. The molecular formula is C21H22BrNO2. The number of carboxylic acid groups (broad SMARTS) is 1. The lowest BCUT2D eigenvalue weighted by molar-refractivity contribution is 0.0695. The molecule has 4 heteroatoms. The summed E-state index contributed by atoms with van der Waals surface area (Å²) >= 11 is 3.40. The molecule has 130 valence electrons. The van der Waals surface area contributed by atoms with Gasteiger partial charge < -0.3 is 5.11 Å². The number of benzene rings is 2. The van der Waals surface area contributed by atoms with Gasteiger partial charge in [0, 0.05) is 23.6 Å². The maximum absolute atomic E-state index is 11.2. The van der Waals surface area contributed by atoms with E-state index in [0.717, 1.165) is 25.4 Å². The highest BCUT2D eigenvalue weighted by Crippen LogP contribution is 2.33. The highest BCUT2D eigenvalue weighted by Gasteiger charge is 2.31. The van der Waals surface area contributed by atoms with Crippen molar-refractivity contribution in [3.05, 3.63) is 69.2 Å². The van der Waals surface area contributed by atoms with Crippen molar-refractivity contribution in [2.75, 3.05) is 6.54 Å². The lowest BCUT2D eigenvalue weighted by atomic mass is 9.80. The van der Waals surface area contributed by atoms with E-state index in [0.29, 0.717) is 16.1 Å². The number of hydrogen-bond donors (Lipinski definition) is 1. The van der Waals surface area contributed by atoms with Crippen molar-refractivity contribution in [2.45, 2.75) is 38.3 Å². The van der Waals surface area contributed by atoms with Crippen molar-refractivity contribution in [1.29, 1.82) is 0 Å². The fraction of sp³-hybridized carbons (Fsp3) is 0.381. The van der Waals surface area contributed by atoms with Crippen LogP contribution in [0.1, 0.15) is 39.9 Å². The molecule has 3 nitrogen and oxygen atoms in total. The lowest BCUT2D eigenvalue weighted by Gasteiger charge is -2.42. The molecule has 2 aliphatic heterocycles. The molecule has 1 fully saturated rings. The van der Waals surface area contributed by atoms with Crippen molar-refractivity contribution in [1.82, 2.24) is 4.90 Å². The van der Waals surface area contributed by atoms with Crippen LogP contribution in [0.2, 0.25) is 0 Å². The van der Waals surface area contributed by atoms with Crippen LogP contribution in [0.3, 0.4) is 0 Å². The van der Waals surface area contributed by atoms with E-state index in [4.69, 9.17) is 0 Å². The summed E-state index contributed by atoms with van der Waals surface area (Å²) in [7, 11) is 0. The van der Waals surface area contributed by atoms with Crippen molar-refractivity contribution in [2.24, 2.45) is 5.92 Å². The molecule has 0 saturated carbocycles. The molecule has 2 atom stereocenters. The summed E-state index contributed by atoms with van der Waals surface area (Å²) in [5, 5.41) is 9.18. The average molecular weight is 400 g/mol. The zero-order valence-corrected chi connectivity index (χ0v) is 15.7. The third kappa shape index (κ3) is 3.51. The summed E-state index contributed by atoms with van der Waals surface area (Å²) in [5.74, 6) is -0.167. The van der Waals surface area contributed by atoms with Crippen LogP contribution in [0.15, 0.2) is 46.9 Å². The predicted molar refractivity (Wildman–Crippen MR) is 102 cm³/mol. The number of rotatable bonds is 3. The Bertz CT molecular complexity index is 804. The van der Waals surface area contributed by atoms with Gasteiger partial charge >= 0.3 is 5.97 Å². The standard InChI is InChI=1S/C21H22BrNO2/c22-20-10-15(6-8-19(20)21(24)25)13-23-12-14-5-7-18(23)11-17-4-2-1-3-16(17)9-14/h1-4,6,8,10,14,18H,5,7,9,11-13H2,(H,24,25). The van der Waals surface area contributed by atoms with Gasteiger partial charge in [-0.2, -0.15) is 0 Å². The molecule has 3 aliphatic rings. The first-order valence-electron chi connectivity index (χ1n) is 8.92. The van der Waals surface area contributed by atoms with E-state index in [-0.39, 0.29) is 0 Å². The van der Waals surface area contributed by atoms with Gasteiger partial charge in [0.25, 0.3) is 0 Å². The van der Waals surface area contributed by atoms with Gasteiger partial charge in [0.1, 0.15) is 0 Å². The Hall–Kier alpha value is -1.65. The van der Waals surface area contributed by atoms with E-state index in [1.54, 1.807) is 6.07 Å². The lowest BCUT2D eigenvalue weighted by Crippen LogP contribution is -2.46. The van der Waals surface area contributed by atoms with Crippen LogP contribution < -0.4 is 0 Å². The third-order valence-electron chi connectivity index (χ3n) is 5.65. The quantitative estimate of drug-likeness (QED) is 0.823. The zero-order chi connectivity index (χ0) is 17.4. The van der Waals surface area contributed by atoms with E-state index >= 15 is 0 Å². The number of aromatic carboxylic acids is 1. The Morgan fingerprint density at radius 2 is 1.88 bits per heavy atom. The van der Waals surface area contributed by atoms with Gasteiger partial charge in [-0.1, -0.05) is 30.3 Å². The highest BCUT2D eigenvalue weighted by atomic mass is 79.9. The predicted octanol–water partition coefficient (Wildman–Crippen LogP) is 4.53. The number of fused-ring (bicyclic) bond motifs is 2. The maximum atomic E-state index is 11.2. The van der Waals surface area contributed by atoms with Crippen molar-refractivity contribution in [3.8, 4) is 0 Å². The van der Waals surface area contributed by atoms with Crippen molar-refractivity contribution >= 4 is 21.9 Å². The van der Waals surface area contributed by atoms with Gasteiger partial charge in [-0.05, 0) is 76.4 Å². The minimum absolute atomic E-state index is 0.326. The number of piperidine rings is 1. The number of halogens is 1. The Balaban J connectivity index is 1.56. The van der Waals surface area contributed by atoms with E-state index in [9.17, 15) is 9.90 Å². The Kier molecular flexibility index (Phi) is 4.65. The normalized spacial score (nSPS) is 22.9. The average Bonchev–Trinajstić information content (AvgIpc) is 2.55. The summed E-state index contributed by atoms with van der Waals surface area (Å²) in [6.45, 7) is 2.03. The van der Waals surface area contributed by atoms with Gasteiger partial charge in [0.2, 0.25) is 0 Å². The van der Waals surface area contributed by atoms with E-state index in [1.807, 2.05) is 12.1 Å². The van der Waals surface area contributed by atoms with Crippen LogP contribution in [0.5, 0.6) is 0 Å². The minimum atomic E-state index is -0.889. The van der Waals surface area contributed by atoms with Crippen LogP contribution in [0.4, 0.5) is 0 Å². The molecule has 2 bridgehead atoms. The molecule has 0 spiro atoms. The van der Waals surface area contributed by atoms with Gasteiger partial charge in [-0.15, -0.1) is 0 Å². The van der Waals surface area contributed by atoms with Crippen LogP contribution in [-0.4, -0.2) is 28.6 Å². The van der Waals surface area contributed by atoms with Crippen LogP contribution in [0.25, 0.3) is 0 Å². The fourth-order valence-electron chi connectivity index (χ4n) is 4.36. The molecule has 2 heterocycles. The molecule has 1 N–H and O–H groups in total. The summed E-state index contributed by atoms with van der Waals surface area (Å²) in [6.07, 6.45) is 4.88. The van der Waals surface area contributed by atoms with Crippen LogP contribution >= 0.6 is 15.9 Å². The molecule has 2 unspecified atom stereocenters. The first kappa shape index (κ1) is 16.8. The summed E-state index contributed by atoms with van der Waals surface area (Å²) in [6, 6.07) is 15.1. The Morgan fingerprint density at radius 1 is 1.12 bits per heavy atom. The summed E-state index contributed by atoms with van der Waals surface area (Å²) in [5.41, 5.74) is 4.54.